The molecule has 0 unspecified atom stereocenters. The van der Waals surface area contributed by atoms with Gasteiger partial charge >= 0.3 is 21.0 Å². The average Bonchev–Trinajstić information content (AvgIpc) is 2.25. The zero-order valence-electron chi connectivity index (χ0n) is 11.1. The topological polar surface area (TPSA) is 52.6 Å². The van der Waals surface area contributed by atoms with Crippen LogP contribution in [0, 0.1) is 16.2 Å². The highest BCUT2D eigenvalue weighted by Gasteiger charge is 2.56. The maximum atomic E-state index is 11.8. The van der Waals surface area contributed by atoms with Crippen molar-refractivity contribution in [2.45, 2.75) is 41.5 Å². The van der Waals surface area contributed by atoms with Gasteiger partial charge in [0, 0.05) is 0 Å². The largest absolute Gasteiger partial charge is 0.516 e. The lowest BCUT2D eigenvalue weighted by Crippen LogP contribution is -2.52. The Morgan fingerprint density at radius 2 is 1.00 bits per heavy atom. The Balaban J connectivity index is 5.54. The first-order valence-corrected chi connectivity index (χ1v) is 6.04. The van der Waals surface area contributed by atoms with Crippen molar-refractivity contribution in [2.24, 2.45) is 16.2 Å². The van der Waals surface area contributed by atoms with Crippen LogP contribution in [0.4, 0.5) is 0 Å². The summed E-state index contributed by atoms with van der Waals surface area (Å²) in [4.78, 5) is 23.6. The van der Waals surface area contributed by atoms with Crippen LogP contribution in [0.5, 0.6) is 0 Å². The van der Waals surface area contributed by atoms with Crippen LogP contribution in [0.3, 0.4) is 0 Å². The molecule has 0 bridgehead atoms. The van der Waals surface area contributed by atoms with E-state index in [4.69, 9.17) is 0 Å². The van der Waals surface area contributed by atoms with Crippen LogP contribution in [0.2, 0.25) is 0 Å². The highest BCUT2D eigenvalue weighted by Crippen LogP contribution is 2.52. The standard InChI is InChI=1S/C11H18O4Si2/c1-9(2,7(12)14-16)11(5,6)10(3,4)8(13)15-17/h1-6H3. The van der Waals surface area contributed by atoms with Gasteiger partial charge in [0.05, 0.1) is 10.8 Å². The molecule has 0 spiro atoms. The van der Waals surface area contributed by atoms with Gasteiger partial charge in [0.15, 0.2) is 0 Å². The zero-order valence-corrected chi connectivity index (χ0v) is 13.1. The van der Waals surface area contributed by atoms with Gasteiger partial charge in [0.25, 0.3) is 11.9 Å². The maximum Gasteiger partial charge on any atom is 0.345 e. The summed E-state index contributed by atoms with van der Waals surface area (Å²) in [6.45, 7) is 10.6. The SMILES string of the molecule is CC(C)(C(=O)O[Si])C(C)(C)C(C)(C)C(=O)O[Si]. The fourth-order valence-corrected chi connectivity index (χ4v) is 2.06. The van der Waals surface area contributed by atoms with Gasteiger partial charge in [-0.15, -0.1) is 0 Å². The van der Waals surface area contributed by atoms with Crippen molar-refractivity contribution in [3.63, 3.8) is 0 Å². The number of carbonyl (C=O) groups excluding carboxylic acids is 2. The monoisotopic (exact) mass is 270 g/mol. The molecule has 0 fully saturated rings. The van der Waals surface area contributed by atoms with E-state index < -0.39 is 28.2 Å². The smallest absolute Gasteiger partial charge is 0.345 e. The minimum absolute atomic E-state index is 0.436. The third-order valence-corrected chi connectivity index (χ3v) is 4.70. The molecule has 94 valence electrons. The number of hydrogen-bond donors (Lipinski definition) is 0. The first kappa shape index (κ1) is 16.4. The second-order valence-electron chi connectivity index (χ2n) is 5.65. The van der Waals surface area contributed by atoms with E-state index in [-0.39, 0.29) is 0 Å². The van der Waals surface area contributed by atoms with Gasteiger partial charge in [0.2, 0.25) is 0 Å². The Morgan fingerprint density at radius 1 is 0.765 bits per heavy atom. The number of rotatable bonds is 4. The van der Waals surface area contributed by atoms with E-state index in [9.17, 15) is 9.59 Å². The second kappa shape index (κ2) is 4.93. The lowest BCUT2D eigenvalue weighted by molar-refractivity contribution is -0.167. The van der Waals surface area contributed by atoms with Crippen molar-refractivity contribution in [3.8, 4) is 0 Å². The summed E-state index contributed by atoms with van der Waals surface area (Å²) in [5.74, 6) is -0.872. The highest BCUT2D eigenvalue weighted by molar-refractivity contribution is 6.07. The number of hydrogen-bond acceptors (Lipinski definition) is 4. The Kier molecular flexibility index (Phi) is 4.75. The van der Waals surface area contributed by atoms with Crippen molar-refractivity contribution < 1.29 is 18.4 Å². The second-order valence-corrected chi connectivity index (χ2v) is 6.06. The van der Waals surface area contributed by atoms with Crippen LogP contribution >= 0.6 is 0 Å². The predicted octanol–water partition coefficient (Wildman–Crippen LogP) is 1.32. The molecule has 0 saturated carbocycles. The van der Waals surface area contributed by atoms with Gasteiger partial charge in [-0.2, -0.15) is 0 Å². The Hall–Kier alpha value is -0.626. The van der Waals surface area contributed by atoms with Gasteiger partial charge in [-0.1, -0.05) is 13.8 Å². The average molecular weight is 270 g/mol. The van der Waals surface area contributed by atoms with Crippen LogP contribution in [-0.4, -0.2) is 32.9 Å². The molecule has 0 aliphatic carbocycles. The summed E-state index contributed by atoms with van der Waals surface area (Å²) in [7, 11) is 5.48. The van der Waals surface area contributed by atoms with E-state index in [1.54, 1.807) is 27.7 Å². The van der Waals surface area contributed by atoms with Gasteiger partial charge in [-0.05, 0) is 33.1 Å². The molecule has 0 aliphatic heterocycles. The third-order valence-electron chi connectivity index (χ3n) is 4.33. The van der Waals surface area contributed by atoms with Crippen molar-refractivity contribution in [1.82, 2.24) is 0 Å². The fraction of sp³-hybridized carbons (Fsp3) is 0.818. The van der Waals surface area contributed by atoms with E-state index >= 15 is 0 Å². The van der Waals surface area contributed by atoms with Crippen LogP contribution < -0.4 is 0 Å². The molecular weight excluding hydrogens is 252 g/mol. The molecule has 0 aromatic rings. The molecule has 0 aliphatic rings. The van der Waals surface area contributed by atoms with E-state index in [1.165, 1.54) is 0 Å². The van der Waals surface area contributed by atoms with E-state index in [0.717, 1.165) is 0 Å². The summed E-state index contributed by atoms with van der Waals surface area (Å²) in [6, 6.07) is 0. The van der Waals surface area contributed by atoms with Crippen LogP contribution in [-0.2, 0) is 18.4 Å². The molecule has 0 aromatic heterocycles. The van der Waals surface area contributed by atoms with Gasteiger partial charge in [0.1, 0.15) is 0 Å². The predicted molar refractivity (Wildman–Crippen MR) is 65.0 cm³/mol. The van der Waals surface area contributed by atoms with E-state index in [1.807, 2.05) is 13.8 Å². The molecule has 0 saturated heterocycles. The normalized spacial score (nSPS) is 13.2. The quantitative estimate of drug-likeness (QED) is 0.723. The van der Waals surface area contributed by atoms with Gasteiger partial charge in [-0.3, -0.25) is 9.59 Å². The summed E-state index contributed by atoms with van der Waals surface area (Å²) in [5, 5.41) is 0. The highest BCUT2D eigenvalue weighted by atomic mass is 28.2. The number of carbonyl (C=O) groups is 2. The first-order chi connectivity index (χ1) is 7.46. The third kappa shape index (κ3) is 2.47. The van der Waals surface area contributed by atoms with E-state index in [0.29, 0.717) is 0 Å². The van der Waals surface area contributed by atoms with Crippen LogP contribution in [0.1, 0.15) is 41.5 Å². The molecule has 17 heavy (non-hydrogen) atoms. The van der Waals surface area contributed by atoms with Crippen molar-refractivity contribution >= 4 is 32.9 Å². The fourth-order valence-electron chi connectivity index (χ4n) is 1.55. The molecule has 0 N–H and O–H groups in total. The minimum Gasteiger partial charge on any atom is -0.516 e. The minimum atomic E-state index is -0.862. The molecule has 0 heterocycles. The molecular formula is C11H18O4Si2. The Labute approximate surface area is 110 Å². The molecule has 0 rings (SSSR count). The summed E-state index contributed by atoms with van der Waals surface area (Å²) < 4.78 is 9.22. The molecule has 6 heteroatoms. The summed E-state index contributed by atoms with van der Waals surface area (Å²) >= 11 is 0. The maximum absolute atomic E-state index is 11.8. The molecule has 0 aromatic carbocycles. The van der Waals surface area contributed by atoms with Crippen LogP contribution in [0.25, 0.3) is 0 Å². The molecule has 0 atom stereocenters. The van der Waals surface area contributed by atoms with Crippen molar-refractivity contribution in [2.75, 3.05) is 0 Å². The first-order valence-electron chi connectivity index (χ1n) is 5.22. The zero-order chi connectivity index (χ0) is 14.1. The van der Waals surface area contributed by atoms with Crippen molar-refractivity contribution in [1.29, 1.82) is 0 Å². The lowest BCUT2D eigenvalue weighted by Gasteiger charge is -2.48. The molecule has 6 radical (unpaired) electrons. The summed E-state index contributed by atoms with van der Waals surface area (Å²) in [6.07, 6.45) is 0. The Morgan fingerprint density at radius 3 is 1.18 bits per heavy atom. The summed E-state index contributed by atoms with van der Waals surface area (Å²) in [5.41, 5.74) is -2.40. The van der Waals surface area contributed by atoms with E-state index in [2.05, 4.69) is 29.8 Å². The molecule has 4 nitrogen and oxygen atoms in total. The molecule has 0 amide bonds. The van der Waals surface area contributed by atoms with Crippen molar-refractivity contribution in [3.05, 3.63) is 0 Å². The van der Waals surface area contributed by atoms with Gasteiger partial charge < -0.3 is 8.85 Å². The van der Waals surface area contributed by atoms with Crippen LogP contribution in [0.15, 0.2) is 0 Å². The van der Waals surface area contributed by atoms with Gasteiger partial charge in [-0.25, -0.2) is 0 Å². The lowest BCUT2D eigenvalue weighted by atomic mass is 9.55. The Bertz CT molecular complexity index is 291.